The molecule has 0 saturated carbocycles. The van der Waals surface area contributed by atoms with Gasteiger partial charge in [0.1, 0.15) is 0 Å². The van der Waals surface area contributed by atoms with Gasteiger partial charge in [-0.1, -0.05) is 0 Å². The summed E-state index contributed by atoms with van der Waals surface area (Å²) in [5, 5.41) is 15.6. The Labute approximate surface area is 120 Å². The molecular formula is C13H15N5O3. The van der Waals surface area contributed by atoms with Crippen LogP contribution in [0.5, 0.6) is 0 Å². The number of carbonyl (C=O) groups excluding carboxylic acids is 1. The molecule has 0 aliphatic heterocycles. The number of nitrogens with two attached hydrogens (primary N) is 1. The predicted molar refractivity (Wildman–Crippen MR) is 73.2 cm³/mol. The SMILES string of the molecule is Cn1cc(C(NC(=O)c2ccnc(CN)c2)C(=O)O)cn1. The van der Waals surface area contributed by atoms with E-state index in [2.05, 4.69) is 15.4 Å². The van der Waals surface area contributed by atoms with E-state index >= 15 is 0 Å². The number of aromatic nitrogens is 3. The number of pyridine rings is 1. The molecule has 0 aromatic carbocycles. The zero-order chi connectivity index (χ0) is 15.4. The van der Waals surface area contributed by atoms with Crippen molar-refractivity contribution in [1.29, 1.82) is 0 Å². The van der Waals surface area contributed by atoms with Gasteiger partial charge in [-0.3, -0.25) is 14.5 Å². The quantitative estimate of drug-likeness (QED) is 0.702. The van der Waals surface area contributed by atoms with Gasteiger partial charge in [0, 0.05) is 37.1 Å². The maximum absolute atomic E-state index is 12.1. The molecule has 0 aliphatic rings. The van der Waals surface area contributed by atoms with E-state index in [0.717, 1.165) is 0 Å². The van der Waals surface area contributed by atoms with Gasteiger partial charge in [0.25, 0.3) is 5.91 Å². The van der Waals surface area contributed by atoms with Gasteiger partial charge in [-0.2, -0.15) is 5.10 Å². The first-order chi connectivity index (χ1) is 10.0. The van der Waals surface area contributed by atoms with Crippen LogP contribution in [0.25, 0.3) is 0 Å². The molecule has 0 spiro atoms. The molecule has 2 rings (SSSR count). The molecule has 0 bridgehead atoms. The Balaban J connectivity index is 2.20. The van der Waals surface area contributed by atoms with Gasteiger partial charge in [0.2, 0.25) is 0 Å². The number of carboxylic acids is 1. The molecule has 1 atom stereocenters. The number of nitrogens with zero attached hydrogens (tertiary/aromatic N) is 3. The maximum Gasteiger partial charge on any atom is 0.331 e. The lowest BCUT2D eigenvalue weighted by atomic mass is 10.1. The Morgan fingerprint density at radius 1 is 1.52 bits per heavy atom. The van der Waals surface area contributed by atoms with Gasteiger partial charge in [0.05, 0.1) is 11.9 Å². The molecule has 1 amide bonds. The summed E-state index contributed by atoms with van der Waals surface area (Å²) in [6, 6.07) is 1.86. The second-order valence-corrected chi connectivity index (χ2v) is 4.43. The molecule has 0 fully saturated rings. The van der Waals surface area contributed by atoms with Gasteiger partial charge >= 0.3 is 5.97 Å². The van der Waals surface area contributed by atoms with E-state index in [1.807, 2.05) is 0 Å². The van der Waals surface area contributed by atoms with Crippen molar-refractivity contribution in [3.63, 3.8) is 0 Å². The molecule has 1 unspecified atom stereocenters. The van der Waals surface area contributed by atoms with Crippen LogP contribution in [-0.2, 0) is 18.4 Å². The minimum absolute atomic E-state index is 0.200. The topological polar surface area (TPSA) is 123 Å². The Hall–Kier alpha value is -2.74. The summed E-state index contributed by atoms with van der Waals surface area (Å²) in [7, 11) is 1.67. The van der Waals surface area contributed by atoms with Crippen LogP contribution in [-0.4, -0.2) is 31.7 Å². The fraction of sp³-hybridized carbons (Fsp3) is 0.231. The molecule has 4 N–H and O–H groups in total. The van der Waals surface area contributed by atoms with Crippen molar-refractivity contribution in [2.24, 2.45) is 12.8 Å². The van der Waals surface area contributed by atoms with E-state index in [9.17, 15) is 14.7 Å². The van der Waals surface area contributed by atoms with Crippen LogP contribution in [0.15, 0.2) is 30.7 Å². The van der Waals surface area contributed by atoms with Crippen LogP contribution in [0.4, 0.5) is 0 Å². The van der Waals surface area contributed by atoms with Crippen LogP contribution in [0.2, 0.25) is 0 Å². The largest absolute Gasteiger partial charge is 0.479 e. The van der Waals surface area contributed by atoms with Crippen LogP contribution in [0.3, 0.4) is 0 Å². The zero-order valence-corrected chi connectivity index (χ0v) is 11.4. The summed E-state index contributed by atoms with van der Waals surface area (Å²) in [4.78, 5) is 27.4. The number of hydrogen-bond donors (Lipinski definition) is 3. The van der Waals surface area contributed by atoms with Gasteiger partial charge in [-0.25, -0.2) is 4.79 Å². The third kappa shape index (κ3) is 3.42. The van der Waals surface area contributed by atoms with E-state index in [4.69, 9.17) is 5.73 Å². The van der Waals surface area contributed by atoms with Gasteiger partial charge in [-0.15, -0.1) is 0 Å². The highest BCUT2D eigenvalue weighted by molar-refractivity contribution is 5.96. The lowest BCUT2D eigenvalue weighted by Crippen LogP contribution is -2.33. The van der Waals surface area contributed by atoms with Crippen LogP contribution < -0.4 is 11.1 Å². The van der Waals surface area contributed by atoms with Crippen molar-refractivity contribution in [1.82, 2.24) is 20.1 Å². The second-order valence-electron chi connectivity index (χ2n) is 4.43. The Bertz CT molecular complexity index is 667. The number of carboxylic acid groups (broad SMARTS) is 1. The highest BCUT2D eigenvalue weighted by atomic mass is 16.4. The first-order valence-corrected chi connectivity index (χ1v) is 6.18. The molecule has 110 valence electrons. The van der Waals surface area contributed by atoms with E-state index in [1.165, 1.54) is 35.4 Å². The number of nitrogens with one attached hydrogen (secondary N) is 1. The van der Waals surface area contributed by atoms with E-state index in [0.29, 0.717) is 16.8 Å². The molecule has 0 aliphatic carbocycles. The van der Waals surface area contributed by atoms with Crippen molar-refractivity contribution in [2.75, 3.05) is 0 Å². The highest BCUT2D eigenvalue weighted by Crippen LogP contribution is 2.13. The van der Waals surface area contributed by atoms with Gasteiger partial charge in [-0.05, 0) is 12.1 Å². The van der Waals surface area contributed by atoms with Crippen LogP contribution >= 0.6 is 0 Å². The molecule has 21 heavy (non-hydrogen) atoms. The Morgan fingerprint density at radius 2 is 2.29 bits per heavy atom. The van der Waals surface area contributed by atoms with E-state index < -0.39 is 17.9 Å². The number of carbonyl (C=O) groups is 2. The van der Waals surface area contributed by atoms with Gasteiger partial charge < -0.3 is 16.2 Å². The average molecular weight is 289 g/mol. The lowest BCUT2D eigenvalue weighted by molar-refractivity contribution is -0.139. The molecule has 8 heteroatoms. The molecule has 2 aromatic heterocycles. The summed E-state index contributed by atoms with van der Waals surface area (Å²) in [6.07, 6.45) is 4.39. The molecule has 0 saturated heterocycles. The van der Waals surface area contributed by atoms with Crippen molar-refractivity contribution >= 4 is 11.9 Å². The lowest BCUT2D eigenvalue weighted by Gasteiger charge is -2.13. The van der Waals surface area contributed by atoms with Crippen LogP contribution in [0, 0.1) is 0 Å². The first kappa shape index (κ1) is 14.7. The monoisotopic (exact) mass is 289 g/mol. The number of hydrogen-bond acceptors (Lipinski definition) is 5. The smallest absolute Gasteiger partial charge is 0.331 e. The fourth-order valence-electron chi connectivity index (χ4n) is 1.82. The maximum atomic E-state index is 12.1. The average Bonchev–Trinajstić information content (AvgIpc) is 2.90. The van der Waals surface area contributed by atoms with Crippen molar-refractivity contribution in [3.05, 3.63) is 47.5 Å². The highest BCUT2D eigenvalue weighted by Gasteiger charge is 2.24. The van der Waals surface area contributed by atoms with E-state index in [1.54, 1.807) is 7.05 Å². The summed E-state index contributed by atoms with van der Waals surface area (Å²) in [5.41, 5.74) is 6.72. The third-order valence-corrected chi connectivity index (χ3v) is 2.87. The third-order valence-electron chi connectivity index (χ3n) is 2.87. The summed E-state index contributed by atoms with van der Waals surface area (Å²) in [5.74, 6) is -1.67. The Kier molecular flexibility index (Phi) is 4.29. The number of aliphatic carboxylic acids is 1. The van der Waals surface area contributed by atoms with Crippen LogP contribution in [0.1, 0.15) is 27.7 Å². The number of amides is 1. The first-order valence-electron chi connectivity index (χ1n) is 6.18. The Morgan fingerprint density at radius 3 is 2.86 bits per heavy atom. The minimum Gasteiger partial charge on any atom is -0.479 e. The zero-order valence-electron chi connectivity index (χ0n) is 11.4. The van der Waals surface area contributed by atoms with Crippen molar-refractivity contribution in [3.8, 4) is 0 Å². The normalized spacial score (nSPS) is 11.9. The van der Waals surface area contributed by atoms with Crippen molar-refractivity contribution in [2.45, 2.75) is 12.6 Å². The summed E-state index contributed by atoms with van der Waals surface area (Å²) in [6.45, 7) is 0.200. The minimum atomic E-state index is -1.17. The number of aryl methyl sites for hydroxylation is 1. The number of rotatable bonds is 5. The standard InChI is InChI=1S/C13H15N5O3/c1-18-7-9(6-16-18)11(13(20)21)17-12(19)8-2-3-15-10(4-8)5-14/h2-4,6-7,11H,5,14H2,1H3,(H,17,19)(H,20,21). The molecule has 2 aromatic rings. The summed E-state index contributed by atoms with van der Waals surface area (Å²) < 4.78 is 1.47. The summed E-state index contributed by atoms with van der Waals surface area (Å²) >= 11 is 0. The fourth-order valence-corrected chi connectivity index (χ4v) is 1.82. The predicted octanol–water partition coefficient (Wildman–Crippen LogP) is -0.170. The molecule has 8 nitrogen and oxygen atoms in total. The van der Waals surface area contributed by atoms with Gasteiger partial charge in [0.15, 0.2) is 6.04 Å². The second kappa shape index (κ2) is 6.14. The van der Waals surface area contributed by atoms with E-state index in [-0.39, 0.29) is 6.54 Å². The van der Waals surface area contributed by atoms with Crippen molar-refractivity contribution < 1.29 is 14.7 Å². The molecular weight excluding hydrogens is 274 g/mol. The molecule has 0 radical (unpaired) electrons. The molecule has 2 heterocycles.